The van der Waals surface area contributed by atoms with Crippen molar-refractivity contribution in [2.75, 3.05) is 12.4 Å². The zero-order valence-corrected chi connectivity index (χ0v) is 16.5. The Kier molecular flexibility index (Phi) is 5.57. The molecular formula is C22H18FN5O3. The standard InChI is InChI=1S/C22H18FN5O3/c1-31-21-12-19(20(28(29)30)11-18(21)23)25-13-16-14-27(17-5-3-2-4-6-17)26-22(16)15-7-9-24-10-8-15/h2-12,14,25H,13H2,1H3. The largest absolute Gasteiger partial charge is 0.494 e. The van der Waals surface area contributed by atoms with E-state index >= 15 is 0 Å². The maximum atomic E-state index is 14.0. The van der Waals surface area contributed by atoms with E-state index in [4.69, 9.17) is 9.84 Å². The van der Waals surface area contributed by atoms with Crippen molar-refractivity contribution >= 4 is 11.4 Å². The second-order valence-corrected chi connectivity index (χ2v) is 6.63. The number of aromatic nitrogens is 3. The van der Waals surface area contributed by atoms with Crippen LogP contribution in [0.3, 0.4) is 0 Å². The molecule has 1 N–H and O–H groups in total. The minimum absolute atomic E-state index is 0.0811. The highest BCUT2D eigenvalue weighted by molar-refractivity contribution is 5.67. The molecule has 0 atom stereocenters. The lowest BCUT2D eigenvalue weighted by atomic mass is 10.1. The number of rotatable bonds is 7. The van der Waals surface area contributed by atoms with E-state index in [0.717, 1.165) is 22.9 Å². The van der Waals surface area contributed by atoms with Gasteiger partial charge in [0.05, 0.1) is 29.5 Å². The SMILES string of the molecule is COc1cc(NCc2cn(-c3ccccc3)nc2-c2ccncc2)c([N+](=O)[O-])cc1F. The number of hydrogen-bond acceptors (Lipinski definition) is 6. The van der Waals surface area contributed by atoms with E-state index in [2.05, 4.69) is 10.3 Å². The molecule has 0 radical (unpaired) electrons. The molecule has 2 aromatic heterocycles. The number of nitro benzene ring substituents is 1. The van der Waals surface area contributed by atoms with Crippen LogP contribution in [0.1, 0.15) is 5.56 Å². The number of hydrogen-bond donors (Lipinski definition) is 1. The number of anilines is 1. The van der Waals surface area contributed by atoms with E-state index in [9.17, 15) is 14.5 Å². The first kappa shape index (κ1) is 20.0. The molecule has 156 valence electrons. The summed E-state index contributed by atoms with van der Waals surface area (Å²) in [5.74, 6) is -0.878. The predicted octanol–water partition coefficient (Wildman–Crippen LogP) is 4.60. The quantitative estimate of drug-likeness (QED) is 0.347. The molecule has 0 fully saturated rings. The molecule has 0 saturated carbocycles. The molecule has 31 heavy (non-hydrogen) atoms. The molecule has 2 heterocycles. The third-order valence-electron chi connectivity index (χ3n) is 4.70. The van der Waals surface area contributed by atoms with Gasteiger partial charge in [0.25, 0.3) is 5.69 Å². The minimum atomic E-state index is -0.797. The Morgan fingerprint density at radius 2 is 1.90 bits per heavy atom. The molecule has 4 rings (SSSR count). The summed E-state index contributed by atoms with van der Waals surface area (Å²) in [7, 11) is 1.31. The third-order valence-corrected chi connectivity index (χ3v) is 4.70. The maximum absolute atomic E-state index is 14.0. The summed E-state index contributed by atoms with van der Waals surface area (Å²) in [6, 6.07) is 15.4. The number of nitrogens with zero attached hydrogens (tertiary/aromatic N) is 4. The number of pyridine rings is 1. The summed E-state index contributed by atoms with van der Waals surface area (Å²) in [4.78, 5) is 14.8. The molecular weight excluding hydrogens is 401 g/mol. The van der Waals surface area contributed by atoms with E-state index in [0.29, 0.717) is 5.69 Å². The number of nitro groups is 1. The highest BCUT2D eigenvalue weighted by atomic mass is 19.1. The first-order valence-corrected chi connectivity index (χ1v) is 9.37. The monoisotopic (exact) mass is 419 g/mol. The van der Waals surface area contributed by atoms with Gasteiger partial charge in [0.1, 0.15) is 5.69 Å². The van der Waals surface area contributed by atoms with Gasteiger partial charge in [-0.1, -0.05) is 18.2 Å². The fourth-order valence-corrected chi connectivity index (χ4v) is 3.19. The molecule has 0 aliphatic heterocycles. The van der Waals surface area contributed by atoms with Crippen molar-refractivity contribution in [2.24, 2.45) is 0 Å². The molecule has 0 bridgehead atoms. The second kappa shape index (κ2) is 8.62. The molecule has 8 nitrogen and oxygen atoms in total. The van der Waals surface area contributed by atoms with Crippen LogP contribution in [0.4, 0.5) is 15.8 Å². The number of methoxy groups -OCH3 is 1. The summed E-state index contributed by atoms with van der Waals surface area (Å²) < 4.78 is 20.7. The van der Waals surface area contributed by atoms with Crippen LogP contribution in [0, 0.1) is 15.9 Å². The summed E-state index contributed by atoms with van der Waals surface area (Å²) in [6.45, 7) is 0.222. The average molecular weight is 419 g/mol. The number of nitrogens with one attached hydrogen (secondary N) is 1. The summed E-state index contributed by atoms with van der Waals surface area (Å²) in [5.41, 5.74) is 3.00. The molecule has 0 aliphatic carbocycles. The van der Waals surface area contributed by atoms with Crippen molar-refractivity contribution in [1.82, 2.24) is 14.8 Å². The lowest BCUT2D eigenvalue weighted by Gasteiger charge is -2.10. The molecule has 4 aromatic rings. The van der Waals surface area contributed by atoms with Crippen molar-refractivity contribution < 1.29 is 14.1 Å². The number of benzene rings is 2. The van der Waals surface area contributed by atoms with Gasteiger partial charge < -0.3 is 10.1 Å². The van der Waals surface area contributed by atoms with E-state index < -0.39 is 10.7 Å². The van der Waals surface area contributed by atoms with Crippen molar-refractivity contribution in [1.29, 1.82) is 0 Å². The zero-order valence-electron chi connectivity index (χ0n) is 16.5. The Morgan fingerprint density at radius 1 is 1.16 bits per heavy atom. The maximum Gasteiger partial charge on any atom is 0.295 e. The van der Waals surface area contributed by atoms with Crippen LogP contribution in [0.2, 0.25) is 0 Å². The Morgan fingerprint density at radius 3 is 2.58 bits per heavy atom. The van der Waals surface area contributed by atoms with Crippen LogP contribution >= 0.6 is 0 Å². The third kappa shape index (κ3) is 4.20. The van der Waals surface area contributed by atoms with Gasteiger partial charge in [0.2, 0.25) is 0 Å². The van der Waals surface area contributed by atoms with Gasteiger partial charge in [-0.25, -0.2) is 9.07 Å². The van der Waals surface area contributed by atoms with Crippen LogP contribution in [-0.4, -0.2) is 26.8 Å². The van der Waals surface area contributed by atoms with Gasteiger partial charge in [-0.3, -0.25) is 15.1 Å². The highest BCUT2D eigenvalue weighted by Crippen LogP contribution is 2.33. The minimum Gasteiger partial charge on any atom is -0.494 e. The molecule has 0 saturated heterocycles. The fraction of sp³-hybridized carbons (Fsp3) is 0.0909. The predicted molar refractivity (Wildman–Crippen MR) is 114 cm³/mol. The van der Waals surface area contributed by atoms with E-state index in [1.807, 2.05) is 48.7 Å². The van der Waals surface area contributed by atoms with Crippen molar-refractivity contribution in [2.45, 2.75) is 6.54 Å². The number of halogens is 1. The fourth-order valence-electron chi connectivity index (χ4n) is 3.19. The summed E-state index contributed by atoms with van der Waals surface area (Å²) in [6.07, 6.45) is 5.19. The Hall–Kier alpha value is -4.27. The zero-order chi connectivity index (χ0) is 21.8. The van der Waals surface area contributed by atoms with Crippen molar-refractivity contribution in [3.8, 4) is 22.7 Å². The van der Waals surface area contributed by atoms with E-state index in [1.54, 1.807) is 17.1 Å². The van der Waals surface area contributed by atoms with Gasteiger partial charge in [-0.2, -0.15) is 5.10 Å². The molecule has 0 spiro atoms. The van der Waals surface area contributed by atoms with Crippen LogP contribution in [0.25, 0.3) is 16.9 Å². The lowest BCUT2D eigenvalue weighted by Crippen LogP contribution is -2.04. The smallest absolute Gasteiger partial charge is 0.295 e. The van der Waals surface area contributed by atoms with Gasteiger partial charge in [0.15, 0.2) is 11.6 Å². The van der Waals surface area contributed by atoms with Crippen LogP contribution in [0.5, 0.6) is 5.75 Å². The van der Waals surface area contributed by atoms with Gasteiger partial charge >= 0.3 is 0 Å². The van der Waals surface area contributed by atoms with Crippen molar-refractivity contribution in [3.63, 3.8) is 0 Å². The topological polar surface area (TPSA) is 95.1 Å². The Bertz CT molecular complexity index is 1210. The molecule has 0 aliphatic rings. The van der Waals surface area contributed by atoms with Crippen LogP contribution < -0.4 is 10.1 Å². The average Bonchev–Trinajstić information content (AvgIpc) is 3.23. The molecule has 2 aromatic carbocycles. The Labute approximate surface area is 177 Å². The summed E-state index contributed by atoms with van der Waals surface area (Å²) >= 11 is 0. The molecule has 0 unspecified atom stereocenters. The second-order valence-electron chi connectivity index (χ2n) is 6.63. The summed E-state index contributed by atoms with van der Waals surface area (Å²) in [5, 5.41) is 19.1. The highest BCUT2D eigenvalue weighted by Gasteiger charge is 2.20. The van der Waals surface area contributed by atoms with Crippen LogP contribution in [0.15, 0.2) is 73.2 Å². The van der Waals surface area contributed by atoms with Gasteiger partial charge in [0, 0.05) is 42.3 Å². The van der Waals surface area contributed by atoms with E-state index in [1.165, 1.54) is 13.2 Å². The van der Waals surface area contributed by atoms with E-state index in [-0.39, 0.29) is 23.7 Å². The molecule has 9 heteroatoms. The number of ether oxygens (including phenoxy) is 1. The first-order chi connectivity index (χ1) is 15.1. The van der Waals surface area contributed by atoms with Crippen molar-refractivity contribution in [3.05, 3.63) is 94.7 Å². The Balaban J connectivity index is 1.72. The van der Waals surface area contributed by atoms with Gasteiger partial charge in [-0.05, 0) is 24.3 Å². The normalized spacial score (nSPS) is 10.6. The van der Waals surface area contributed by atoms with Gasteiger partial charge in [-0.15, -0.1) is 0 Å². The number of para-hydroxylation sites is 1. The molecule has 0 amide bonds. The lowest BCUT2D eigenvalue weighted by molar-refractivity contribution is -0.384. The van der Waals surface area contributed by atoms with Crippen LogP contribution in [-0.2, 0) is 6.54 Å². The first-order valence-electron chi connectivity index (χ1n) is 9.37.